The number of anilines is 3. The van der Waals surface area contributed by atoms with E-state index in [0.717, 1.165) is 50.6 Å². The van der Waals surface area contributed by atoms with Gasteiger partial charge in [0, 0.05) is 33.2 Å². The van der Waals surface area contributed by atoms with Crippen molar-refractivity contribution < 1.29 is 0 Å². The van der Waals surface area contributed by atoms with Crippen molar-refractivity contribution in [3.63, 3.8) is 0 Å². The van der Waals surface area contributed by atoms with Crippen LogP contribution in [-0.2, 0) is 0 Å². The van der Waals surface area contributed by atoms with E-state index in [1.165, 1.54) is 60.0 Å². The topological polar surface area (TPSA) is 8.17 Å². The second-order valence-electron chi connectivity index (χ2n) is 16.5. The molecule has 0 aliphatic carbocycles. The molecule has 11 aromatic carbocycles. The molecule has 1 heterocycles. The molecule has 0 saturated heterocycles. The fraction of sp³-hybridized carbons (Fsp3) is 0. The summed E-state index contributed by atoms with van der Waals surface area (Å²) in [6.45, 7) is 0. The molecule has 64 heavy (non-hydrogen) atoms. The Bertz CT molecular complexity index is 3620. The highest BCUT2D eigenvalue weighted by Gasteiger charge is 2.23. The van der Waals surface area contributed by atoms with E-state index in [1.807, 2.05) is 0 Å². The predicted octanol–water partition coefficient (Wildman–Crippen LogP) is 17.2. The van der Waals surface area contributed by atoms with E-state index in [1.54, 1.807) is 0 Å². The summed E-state index contributed by atoms with van der Waals surface area (Å²) in [7, 11) is 0. The van der Waals surface area contributed by atoms with Crippen LogP contribution >= 0.6 is 0 Å². The molecule has 12 aromatic rings. The fourth-order valence-electron chi connectivity index (χ4n) is 9.69. The molecule has 0 saturated carbocycles. The molecule has 0 aliphatic heterocycles. The molecule has 0 aliphatic rings. The third-order valence-electron chi connectivity index (χ3n) is 12.8. The first kappa shape index (κ1) is 37.3. The first-order valence-electron chi connectivity index (χ1n) is 22.0. The number of aromatic nitrogens is 1. The monoisotopic (exact) mass is 814 g/mol. The highest BCUT2D eigenvalue weighted by atomic mass is 15.1. The van der Waals surface area contributed by atoms with Crippen molar-refractivity contribution in [2.45, 2.75) is 0 Å². The standard InChI is InChI=1S/C62H42N2/c1-2-18-46(19-3-1)57-42-51(54-23-9-13-27-59(54)64-60-28-14-10-24-55(60)56-25-11-15-29-61(56)64)37-39-62(57)63(52-38-36-44-17-5-7-21-49(44)41-52)58-26-12-8-22-53(58)47-33-30-45(31-34-47)50-35-32-43-16-4-6-20-48(43)40-50/h1-42H. The first-order valence-corrected chi connectivity index (χ1v) is 22.0. The van der Waals surface area contributed by atoms with Gasteiger partial charge in [-0.25, -0.2) is 0 Å². The molecule has 0 N–H and O–H groups in total. The number of fused-ring (bicyclic) bond motifs is 5. The van der Waals surface area contributed by atoms with Gasteiger partial charge in [-0.3, -0.25) is 0 Å². The lowest BCUT2D eigenvalue weighted by Gasteiger charge is -2.30. The van der Waals surface area contributed by atoms with Gasteiger partial charge in [0.2, 0.25) is 0 Å². The van der Waals surface area contributed by atoms with Crippen molar-refractivity contribution in [3.8, 4) is 50.2 Å². The Labute approximate surface area is 373 Å². The zero-order valence-electron chi connectivity index (χ0n) is 35.1. The van der Waals surface area contributed by atoms with Crippen LogP contribution in [0.2, 0.25) is 0 Å². The average molecular weight is 815 g/mol. The fourth-order valence-corrected chi connectivity index (χ4v) is 9.69. The van der Waals surface area contributed by atoms with E-state index in [0.29, 0.717) is 0 Å². The summed E-state index contributed by atoms with van der Waals surface area (Å²) in [5.74, 6) is 0. The molecule has 2 heteroatoms. The van der Waals surface area contributed by atoms with Crippen LogP contribution < -0.4 is 4.90 Å². The number of rotatable bonds is 8. The Morgan fingerprint density at radius 3 is 1.50 bits per heavy atom. The largest absolute Gasteiger partial charge is 0.309 e. The molecular weight excluding hydrogens is 773 g/mol. The van der Waals surface area contributed by atoms with E-state index in [4.69, 9.17) is 0 Å². The van der Waals surface area contributed by atoms with Gasteiger partial charge >= 0.3 is 0 Å². The summed E-state index contributed by atoms with van der Waals surface area (Å²) in [6, 6.07) is 92.9. The molecule has 0 fully saturated rings. The van der Waals surface area contributed by atoms with Gasteiger partial charge < -0.3 is 9.47 Å². The minimum Gasteiger partial charge on any atom is -0.309 e. The normalized spacial score (nSPS) is 11.4. The Kier molecular flexibility index (Phi) is 9.20. The van der Waals surface area contributed by atoms with Crippen LogP contribution in [0.1, 0.15) is 0 Å². The molecule has 12 rings (SSSR count). The molecule has 0 spiro atoms. The molecular formula is C62H42N2. The highest BCUT2D eigenvalue weighted by Crippen LogP contribution is 2.47. The van der Waals surface area contributed by atoms with Gasteiger partial charge in [0.25, 0.3) is 0 Å². The van der Waals surface area contributed by atoms with Gasteiger partial charge in [-0.15, -0.1) is 0 Å². The van der Waals surface area contributed by atoms with Crippen molar-refractivity contribution in [1.29, 1.82) is 0 Å². The predicted molar refractivity (Wildman–Crippen MR) is 272 cm³/mol. The molecule has 0 radical (unpaired) electrons. The number of para-hydroxylation sites is 4. The van der Waals surface area contributed by atoms with Gasteiger partial charge in [0.1, 0.15) is 0 Å². The summed E-state index contributed by atoms with van der Waals surface area (Å²) in [6.07, 6.45) is 0. The van der Waals surface area contributed by atoms with Crippen LogP contribution in [0.15, 0.2) is 255 Å². The van der Waals surface area contributed by atoms with Crippen LogP contribution in [0.5, 0.6) is 0 Å². The minimum atomic E-state index is 1.09. The molecule has 300 valence electrons. The van der Waals surface area contributed by atoms with Crippen molar-refractivity contribution in [2.24, 2.45) is 0 Å². The Morgan fingerprint density at radius 2 is 0.766 bits per heavy atom. The smallest absolute Gasteiger partial charge is 0.0541 e. The molecule has 0 amide bonds. The average Bonchev–Trinajstić information content (AvgIpc) is 3.71. The second kappa shape index (κ2) is 15.8. The summed E-state index contributed by atoms with van der Waals surface area (Å²) >= 11 is 0. The van der Waals surface area contributed by atoms with E-state index >= 15 is 0 Å². The van der Waals surface area contributed by atoms with E-state index in [2.05, 4.69) is 264 Å². The van der Waals surface area contributed by atoms with E-state index in [9.17, 15) is 0 Å². The minimum absolute atomic E-state index is 1.09. The lowest BCUT2D eigenvalue weighted by Crippen LogP contribution is -2.12. The van der Waals surface area contributed by atoms with Crippen LogP contribution in [0.4, 0.5) is 17.1 Å². The number of hydrogen-bond donors (Lipinski definition) is 0. The summed E-state index contributed by atoms with van der Waals surface area (Å²) in [4.78, 5) is 2.46. The van der Waals surface area contributed by atoms with Gasteiger partial charge in [0.05, 0.1) is 28.1 Å². The third kappa shape index (κ3) is 6.52. The Morgan fingerprint density at radius 1 is 0.266 bits per heavy atom. The second-order valence-corrected chi connectivity index (χ2v) is 16.5. The SMILES string of the molecule is c1ccc(-c2cc(-c3ccccc3-n3c4ccccc4c4ccccc43)ccc2N(c2ccc3ccccc3c2)c2ccccc2-c2ccc(-c3ccc4ccccc4c3)cc2)cc1. The molecule has 0 unspecified atom stereocenters. The Balaban J connectivity index is 1.05. The molecule has 1 aromatic heterocycles. The first-order chi connectivity index (χ1) is 31.7. The van der Waals surface area contributed by atoms with E-state index < -0.39 is 0 Å². The van der Waals surface area contributed by atoms with E-state index in [-0.39, 0.29) is 0 Å². The lowest BCUT2D eigenvalue weighted by molar-refractivity contribution is 1.18. The summed E-state index contributed by atoms with van der Waals surface area (Å²) in [5.41, 5.74) is 16.2. The maximum absolute atomic E-state index is 2.46. The van der Waals surface area contributed by atoms with Crippen molar-refractivity contribution >= 4 is 60.4 Å². The molecule has 0 bridgehead atoms. The summed E-state index contributed by atoms with van der Waals surface area (Å²) < 4.78 is 2.43. The number of hydrogen-bond acceptors (Lipinski definition) is 1. The van der Waals surface area contributed by atoms with Crippen LogP contribution in [0, 0.1) is 0 Å². The van der Waals surface area contributed by atoms with Gasteiger partial charge in [-0.1, -0.05) is 200 Å². The molecule has 2 nitrogen and oxygen atoms in total. The van der Waals surface area contributed by atoms with Crippen LogP contribution in [0.3, 0.4) is 0 Å². The van der Waals surface area contributed by atoms with Gasteiger partial charge in [0.15, 0.2) is 0 Å². The quantitative estimate of drug-likeness (QED) is 0.148. The van der Waals surface area contributed by atoms with Crippen molar-refractivity contribution in [1.82, 2.24) is 4.57 Å². The van der Waals surface area contributed by atoms with Crippen molar-refractivity contribution in [2.75, 3.05) is 4.90 Å². The third-order valence-corrected chi connectivity index (χ3v) is 12.8. The van der Waals surface area contributed by atoms with Crippen LogP contribution in [-0.4, -0.2) is 4.57 Å². The molecule has 0 atom stereocenters. The number of nitrogens with zero attached hydrogens (tertiary/aromatic N) is 2. The highest BCUT2D eigenvalue weighted by molar-refractivity contribution is 6.10. The summed E-state index contributed by atoms with van der Waals surface area (Å²) in [5, 5.41) is 7.41. The maximum Gasteiger partial charge on any atom is 0.0541 e. The zero-order chi connectivity index (χ0) is 42.4. The lowest BCUT2D eigenvalue weighted by atomic mass is 9.94. The Hall–Kier alpha value is -8.46. The van der Waals surface area contributed by atoms with Gasteiger partial charge in [-0.05, 0) is 104 Å². The number of benzene rings is 11. The van der Waals surface area contributed by atoms with Gasteiger partial charge in [-0.2, -0.15) is 0 Å². The van der Waals surface area contributed by atoms with Crippen LogP contribution in [0.25, 0.3) is 93.5 Å². The maximum atomic E-state index is 2.46. The van der Waals surface area contributed by atoms with Crippen molar-refractivity contribution in [3.05, 3.63) is 255 Å². The zero-order valence-corrected chi connectivity index (χ0v) is 35.1.